The van der Waals surface area contributed by atoms with Crippen molar-refractivity contribution in [3.63, 3.8) is 0 Å². The monoisotopic (exact) mass is 569 g/mol. The second kappa shape index (κ2) is 10.5. The molecule has 2 nitrogen and oxygen atoms in total. The van der Waals surface area contributed by atoms with Crippen molar-refractivity contribution in [3.8, 4) is 11.3 Å². The smallest absolute Gasteiger partial charge is 0.147 e. The van der Waals surface area contributed by atoms with Crippen LogP contribution in [0.1, 0.15) is 83.2 Å². The largest absolute Gasteiger partial charge is 0.455 e. The first kappa shape index (κ1) is 29.4. The molecule has 0 atom stereocenters. The number of furan rings is 1. The van der Waals surface area contributed by atoms with Gasteiger partial charge in [0, 0.05) is 16.3 Å². The number of para-hydroxylation sites is 1. The second-order valence-electron chi connectivity index (χ2n) is 15.8. The molecular weight excluding hydrogens is 522 g/mol. The van der Waals surface area contributed by atoms with E-state index in [2.05, 4.69) is 130 Å². The number of nitrogens with zero attached hydrogens (tertiary/aromatic N) is 1. The lowest BCUT2D eigenvalue weighted by molar-refractivity contribution is 0.411. The summed E-state index contributed by atoms with van der Waals surface area (Å²) in [5, 5.41) is 6.06. The van der Waals surface area contributed by atoms with Crippen LogP contribution in [-0.4, -0.2) is 4.98 Å². The van der Waals surface area contributed by atoms with Crippen LogP contribution < -0.4 is 0 Å². The highest BCUT2D eigenvalue weighted by molar-refractivity contribution is 6.20. The zero-order valence-corrected chi connectivity index (χ0v) is 27.8. The first-order valence-electron chi connectivity index (χ1n) is 16.0. The molecule has 43 heavy (non-hydrogen) atoms. The molecule has 0 radical (unpaired) electrons. The van der Waals surface area contributed by atoms with Crippen LogP contribution in [0.4, 0.5) is 0 Å². The predicted octanol–water partition coefficient (Wildman–Crippen LogP) is 11.9. The molecule has 0 aliphatic carbocycles. The zero-order valence-electron chi connectivity index (χ0n) is 27.8. The van der Waals surface area contributed by atoms with Crippen LogP contribution in [-0.2, 0) is 19.3 Å². The number of rotatable bonds is 5. The topological polar surface area (TPSA) is 26.0 Å². The summed E-state index contributed by atoms with van der Waals surface area (Å²) in [6.07, 6.45) is 3.03. The molecule has 6 aromatic rings. The molecule has 0 saturated carbocycles. The van der Waals surface area contributed by atoms with Gasteiger partial charge in [0.25, 0.3) is 0 Å². The number of hydrogen-bond acceptors (Lipinski definition) is 2. The molecule has 0 saturated heterocycles. The summed E-state index contributed by atoms with van der Waals surface area (Å²) in [7, 11) is 0. The van der Waals surface area contributed by atoms with Crippen molar-refractivity contribution in [2.45, 2.75) is 88.5 Å². The Morgan fingerprint density at radius 3 is 2.16 bits per heavy atom. The summed E-state index contributed by atoms with van der Waals surface area (Å²) >= 11 is 0. The second-order valence-corrected chi connectivity index (χ2v) is 15.8. The average molecular weight is 570 g/mol. The fourth-order valence-corrected chi connectivity index (χ4v) is 6.98. The Morgan fingerprint density at radius 2 is 1.47 bits per heavy atom. The predicted molar refractivity (Wildman–Crippen MR) is 186 cm³/mol. The number of benzene rings is 4. The number of aryl methyl sites for hydroxylation is 2. The van der Waals surface area contributed by atoms with Crippen LogP contribution in [0.25, 0.3) is 54.9 Å². The van der Waals surface area contributed by atoms with E-state index in [-0.39, 0.29) is 10.8 Å². The van der Waals surface area contributed by atoms with Gasteiger partial charge in [-0.1, -0.05) is 97.9 Å². The van der Waals surface area contributed by atoms with E-state index in [0.717, 1.165) is 57.8 Å². The molecule has 0 bridgehead atoms. The van der Waals surface area contributed by atoms with Crippen LogP contribution in [0.2, 0.25) is 0 Å². The van der Waals surface area contributed by atoms with E-state index in [1.807, 2.05) is 0 Å². The lowest BCUT2D eigenvalue weighted by atomic mass is 9.83. The first-order chi connectivity index (χ1) is 20.2. The molecule has 0 N–H and O–H groups in total. The van der Waals surface area contributed by atoms with Gasteiger partial charge in [-0.05, 0) is 107 Å². The van der Waals surface area contributed by atoms with E-state index in [1.165, 1.54) is 44.2 Å². The third-order valence-corrected chi connectivity index (χ3v) is 8.41. The van der Waals surface area contributed by atoms with E-state index in [0.29, 0.717) is 5.92 Å². The molecule has 2 heteroatoms. The molecule has 0 fully saturated rings. The maximum absolute atomic E-state index is 6.91. The van der Waals surface area contributed by atoms with Crippen molar-refractivity contribution in [3.05, 3.63) is 88.5 Å². The van der Waals surface area contributed by atoms with E-state index >= 15 is 0 Å². The van der Waals surface area contributed by atoms with Crippen molar-refractivity contribution < 1.29 is 4.42 Å². The third kappa shape index (κ3) is 5.81. The standard InChI is InChI=1S/C41H47NO/c1-24(2)16-28-12-11-13-33-36-37(42-34-18-25(3)17-26(4)35(34)39(36)43-38(28)33)30-20-29-19-27(22-40(5,6)7)14-15-32(29)31(21-30)23-41(8,9)10/h11-15,17-21,24H,16,22-23H2,1-10H3. The Bertz CT molecular complexity index is 2010. The van der Waals surface area contributed by atoms with Crippen LogP contribution >= 0.6 is 0 Å². The maximum atomic E-state index is 6.91. The van der Waals surface area contributed by atoms with Crippen molar-refractivity contribution >= 4 is 43.6 Å². The molecule has 4 aromatic carbocycles. The number of pyridine rings is 1. The molecule has 0 unspecified atom stereocenters. The molecule has 222 valence electrons. The van der Waals surface area contributed by atoms with Crippen LogP contribution in [0.15, 0.2) is 65.1 Å². The highest BCUT2D eigenvalue weighted by Gasteiger charge is 2.23. The molecule has 0 spiro atoms. The Hall–Kier alpha value is -3.65. The molecular formula is C41H47NO. The number of fused-ring (bicyclic) bond motifs is 6. The van der Waals surface area contributed by atoms with Gasteiger partial charge in [-0.15, -0.1) is 0 Å². The molecule has 2 heterocycles. The molecule has 0 amide bonds. The van der Waals surface area contributed by atoms with Gasteiger partial charge < -0.3 is 4.42 Å². The Labute approximate surface area is 257 Å². The van der Waals surface area contributed by atoms with Crippen molar-refractivity contribution in [1.29, 1.82) is 0 Å². The zero-order chi connectivity index (χ0) is 30.8. The van der Waals surface area contributed by atoms with Gasteiger partial charge in [0.15, 0.2) is 0 Å². The van der Waals surface area contributed by atoms with Gasteiger partial charge in [-0.3, -0.25) is 0 Å². The SMILES string of the molecule is Cc1cc(C)c2c(c1)nc(-c1cc(CC(C)(C)C)c3ccc(CC(C)(C)C)cc3c1)c1c3cccc(CC(C)C)c3oc21. The summed E-state index contributed by atoms with van der Waals surface area (Å²) in [4.78, 5) is 5.47. The summed E-state index contributed by atoms with van der Waals surface area (Å²) in [5.74, 6) is 0.542. The highest BCUT2D eigenvalue weighted by atomic mass is 16.3. The van der Waals surface area contributed by atoms with Crippen molar-refractivity contribution in [2.75, 3.05) is 0 Å². The van der Waals surface area contributed by atoms with Crippen molar-refractivity contribution in [2.24, 2.45) is 16.7 Å². The molecule has 6 rings (SSSR count). The van der Waals surface area contributed by atoms with Gasteiger partial charge in [-0.2, -0.15) is 0 Å². The lowest BCUT2D eigenvalue weighted by Crippen LogP contribution is -2.10. The van der Waals surface area contributed by atoms with E-state index in [1.54, 1.807) is 0 Å². The van der Waals surface area contributed by atoms with Gasteiger partial charge in [0.2, 0.25) is 0 Å². The van der Waals surface area contributed by atoms with Crippen LogP contribution in [0.3, 0.4) is 0 Å². The van der Waals surface area contributed by atoms with E-state index in [4.69, 9.17) is 9.40 Å². The minimum atomic E-state index is 0.157. The van der Waals surface area contributed by atoms with E-state index < -0.39 is 0 Å². The fourth-order valence-electron chi connectivity index (χ4n) is 6.98. The first-order valence-corrected chi connectivity index (χ1v) is 16.0. The van der Waals surface area contributed by atoms with Gasteiger partial charge in [0.1, 0.15) is 11.2 Å². The highest BCUT2D eigenvalue weighted by Crippen LogP contribution is 2.43. The minimum absolute atomic E-state index is 0.157. The van der Waals surface area contributed by atoms with Gasteiger partial charge in [-0.25, -0.2) is 4.98 Å². The van der Waals surface area contributed by atoms with Gasteiger partial charge in [0.05, 0.1) is 16.6 Å². The molecule has 0 aliphatic rings. The maximum Gasteiger partial charge on any atom is 0.147 e. The summed E-state index contributed by atoms with van der Waals surface area (Å²) in [6.45, 7) is 22.8. The average Bonchev–Trinajstić information content (AvgIpc) is 3.26. The quantitative estimate of drug-likeness (QED) is 0.206. The minimum Gasteiger partial charge on any atom is -0.455 e. The number of aromatic nitrogens is 1. The lowest BCUT2D eigenvalue weighted by Gasteiger charge is -2.22. The Morgan fingerprint density at radius 1 is 0.721 bits per heavy atom. The summed E-state index contributed by atoms with van der Waals surface area (Å²) in [5.41, 5.74) is 12.0. The van der Waals surface area contributed by atoms with Crippen LogP contribution in [0, 0.1) is 30.6 Å². The van der Waals surface area contributed by atoms with Crippen molar-refractivity contribution in [1.82, 2.24) is 4.98 Å². The third-order valence-electron chi connectivity index (χ3n) is 8.41. The number of hydrogen-bond donors (Lipinski definition) is 0. The normalized spacial score (nSPS) is 12.9. The molecule has 0 aliphatic heterocycles. The summed E-state index contributed by atoms with van der Waals surface area (Å²) in [6, 6.07) is 23.0. The van der Waals surface area contributed by atoms with Gasteiger partial charge >= 0.3 is 0 Å². The van der Waals surface area contributed by atoms with Crippen LogP contribution in [0.5, 0.6) is 0 Å². The Kier molecular flexibility index (Phi) is 7.19. The van der Waals surface area contributed by atoms with E-state index in [9.17, 15) is 0 Å². The molecule has 2 aromatic heterocycles. The fraction of sp³-hybridized carbons (Fsp3) is 0.390. The summed E-state index contributed by atoms with van der Waals surface area (Å²) < 4.78 is 6.91. The Balaban J connectivity index is 1.72.